The van der Waals surface area contributed by atoms with Crippen LogP contribution < -0.4 is 4.90 Å². The van der Waals surface area contributed by atoms with Gasteiger partial charge in [-0.25, -0.2) is 0 Å². The van der Waals surface area contributed by atoms with Gasteiger partial charge in [0, 0.05) is 13.1 Å². The van der Waals surface area contributed by atoms with Crippen LogP contribution in [0.1, 0.15) is 0 Å². The molecule has 1 nitrogen and oxygen atoms in total. The van der Waals surface area contributed by atoms with Gasteiger partial charge in [0.2, 0.25) is 0 Å². The molecule has 0 atom stereocenters. The molecular weight excluding hydrogens is 118 g/mol. The van der Waals surface area contributed by atoms with E-state index in [4.69, 9.17) is 0 Å². The Kier molecular flexibility index (Phi) is 0.815. The molecule has 8 heavy (non-hydrogen) atoms. The Morgan fingerprint density at radius 3 is 3.00 bits per heavy atom. The highest BCUT2D eigenvalue weighted by Gasteiger charge is 2.17. The van der Waals surface area contributed by atoms with Crippen LogP contribution in [0.5, 0.6) is 0 Å². The molecule has 0 amide bonds. The summed E-state index contributed by atoms with van der Waals surface area (Å²) < 4.78 is 0. The number of hydrogen-bond donors (Lipinski definition) is 0. The van der Waals surface area contributed by atoms with Crippen molar-refractivity contribution in [3.05, 3.63) is 16.8 Å². The van der Waals surface area contributed by atoms with Gasteiger partial charge >= 0.3 is 0 Å². The highest BCUT2D eigenvalue weighted by Crippen LogP contribution is 2.21. The zero-order valence-electron chi connectivity index (χ0n) is 4.42. The molecule has 0 saturated carbocycles. The molecule has 0 bridgehead atoms. The molecule has 2 heteroatoms. The summed E-state index contributed by atoms with van der Waals surface area (Å²) in [4.78, 5) is 2.29. The minimum absolute atomic E-state index is 1.23. The van der Waals surface area contributed by atoms with E-state index < -0.39 is 0 Å². The van der Waals surface area contributed by atoms with E-state index in [0.717, 1.165) is 0 Å². The summed E-state index contributed by atoms with van der Waals surface area (Å²) in [6, 6.07) is 2.11. The summed E-state index contributed by atoms with van der Waals surface area (Å²) in [5.74, 6) is 0. The molecule has 1 fully saturated rings. The van der Waals surface area contributed by atoms with Crippen molar-refractivity contribution in [1.82, 2.24) is 0 Å². The van der Waals surface area contributed by atoms with Gasteiger partial charge in [-0.15, -0.1) is 11.3 Å². The van der Waals surface area contributed by atoms with E-state index in [1.807, 2.05) is 0 Å². The van der Waals surface area contributed by atoms with Gasteiger partial charge in [0.15, 0.2) is 0 Å². The number of rotatable bonds is 1. The second-order valence-electron chi connectivity index (χ2n) is 1.89. The van der Waals surface area contributed by atoms with Crippen molar-refractivity contribution < 1.29 is 0 Å². The van der Waals surface area contributed by atoms with Crippen molar-refractivity contribution in [2.75, 3.05) is 18.0 Å². The molecule has 1 radical (unpaired) electrons. The van der Waals surface area contributed by atoms with Crippen molar-refractivity contribution in [1.29, 1.82) is 0 Å². The maximum absolute atomic E-state index is 3.17. The van der Waals surface area contributed by atoms with E-state index in [0.29, 0.717) is 0 Å². The van der Waals surface area contributed by atoms with Gasteiger partial charge < -0.3 is 4.90 Å². The largest absolute Gasteiger partial charge is 0.367 e. The first-order valence-corrected chi connectivity index (χ1v) is 3.55. The van der Waals surface area contributed by atoms with E-state index in [1.165, 1.54) is 18.8 Å². The summed E-state index contributed by atoms with van der Waals surface area (Å²) in [6.45, 7) is 2.46. The van der Waals surface area contributed by atoms with Gasteiger partial charge in [-0.3, -0.25) is 0 Å². The van der Waals surface area contributed by atoms with Crippen molar-refractivity contribution in [2.45, 2.75) is 0 Å². The summed E-state index contributed by atoms with van der Waals surface area (Å²) in [7, 11) is 0. The topological polar surface area (TPSA) is 3.01 Å². The molecular formula is C6H6NS. The average molecular weight is 124 g/mol. The average Bonchev–Trinajstić information content (AvgIpc) is 2.49. The lowest BCUT2D eigenvalue weighted by atomic mass is 10.5. The van der Waals surface area contributed by atoms with Crippen LogP contribution >= 0.6 is 11.3 Å². The quantitative estimate of drug-likeness (QED) is 0.511. The zero-order chi connectivity index (χ0) is 5.40. The third kappa shape index (κ3) is 0.611. The Hall–Kier alpha value is -0.500. The van der Waals surface area contributed by atoms with Crippen molar-refractivity contribution in [3.8, 4) is 0 Å². The fraction of sp³-hybridized carbons (Fsp3) is 0.333. The molecule has 0 aromatic carbocycles. The number of hydrogen-bond acceptors (Lipinski definition) is 2. The van der Waals surface area contributed by atoms with E-state index in [9.17, 15) is 0 Å². The molecule has 2 heterocycles. The van der Waals surface area contributed by atoms with Crippen LogP contribution in [0.3, 0.4) is 0 Å². The van der Waals surface area contributed by atoms with E-state index in [1.54, 1.807) is 11.3 Å². The van der Waals surface area contributed by atoms with Gasteiger partial charge in [-0.2, -0.15) is 0 Å². The highest BCUT2D eigenvalue weighted by atomic mass is 32.1. The summed E-state index contributed by atoms with van der Waals surface area (Å²) in [5.41, 5.74) is 1.27. The monoisotopic (exact) mass is 124 g/mol. The first-order valence-electron chi connectivity index (χ1n) is 2.67. The molecule has 0 spiro atoms. The van der Waals surface area contributed by atoms with Crippen LogP contribution in [-0.4, -0.2) is 13.1 Å². The lowest BCUT2D eigenvalue weighted by Crippen LogP contribution is -1.85. The summed E-state index contributed by atoms with van der Waals surface area (Å²) in [6.07, 6.45) is 0. The Morgan fingerprint density at radius 2 is 2.50 bits per heavy atom. The van der Waals surface area contributed by atoms with E-state index in [-0.39, 0.29) is 0 Å². The van der Waals surface area contributed by atoms with Crippen molar-refractivity contribution >= 4 is 17.0 Å². The smallest absolute Gasteiger partial charge is 0.0697 e. The third-order valence-electron chi connectivity index (χ3n) is 1.25. The minimum atomic E-state index is 1.23. The van der Waals surface area contributed by atoms with Crippen LogP contribution in [0.25, 0.3) is 0 Å². The van der Waals surface area contributed by atoms with Crippen LogP contribution in [-0.2, 0) is 0 Å². The maximum atomic E-state index is 3.17. The van der Waals surface area contributed by atoms with Gasteiger partial charge in [0.05, 0.1) is 11.1 Å². The Bertz CT molecular complexity index is 165. The molecule has 0 aliphatic carbocycles. The molecule has 0 N–H and O–H groups in total. The SMILES string of the molecule is [c]1sccc1N1CC1. The van der Waals surface area contributed by atoms with Gasteiger partial charge in [-0.1, -0.05) is 0 Å². The first kappa shape index (κ1) is 4.39. The third-order valence-corrected chi connectivity index (χ3v) is 1.84. The molecule has 41 valence electrons. The first-order chi connectivity index (χ1) is 3.97. The molecule has 1 aliphatic heterocycles. The van der Waals surface area contributed by atoms with Crippen molar-refractivity contribution in [3.63, 3.8) is 0 Å². The van der Waals surface area contributed by atoms with Crippen LogP contribution in [0, 0.1) is 5.38 Å². The Labute approximate surface area is 52.6 Å². The second-order valence-corrected chi connectivity index (χ2v) is 2.61. The minimum Gasteiger partial charge on any atom is -0.367 e. The Morgan fingerprint density at radius 1 is 1.62 bits per heavy atom. The zero-order valence-corrected chi connectivity index (χ0v) is 5.24. The fourth-order valence-corrected chi connectivity index (χ4v) is 1.27. The molecule has 0 unspecified atom stereocenters. The predicted molar refractivity (Wildman–Crippen MR) is 35.4 cm³/mol. The van der Waals surface area contributed by atoms with Gasteiger partial charge in [-0.05, 0) is 11.4 Å². The number of nitrogens with zero attached hydrogens (tertiary/aromatic N) is 1. The van der Waals surface area contributed by atoms with Crippen LogP contribution in [0.15, 0.2) is 11.4 Å². The summed E-state index contributed by atoms with van der Waals surface area (Å²) >= 11 is 1.64. The second kappa shape index (κ2) is 1.49. The fourth-order valence-electron chi connectivity index (χ4n) is 0.688. The maximum Gasteiger partial charge on any atom is 0.0697 e. The standard InChI is InChI=1S/C6H6NS/c1-4-8-5-6(1)7-2-3-7/h1,4H,2-3H2. The van der Waals surface area contributed by atoms with E-state index in [2.05, 4.69) is 21.7 Å². The lowest BCUT2D eigenvalue weighted by molar-refractivity contribution is 1.42. The lowest BCUT2D eigenvalue weighted by Gasteiger charge is -1.90. The van der Waals surface area contributed by atoms with Gasteiger partial charge in [0.25, 0.3) is 0 Å². The normalized spacial score (nSPS) is 16.8. The van der Waals surface area contributed by atoms with Gasteiger partial charge in [0.1, 0.15) is 0 Å². The molecule has 1 aromatic heterocycles. The molecule has 2 rings (SSSR count). The summed E-state index contributed by atoms with van der Waals surface area (Å²) in [5, 5.41) is 5.23. The number of thiophene rings is 1. The molecule has 1 aliphatic rings. The highest BCUT2D eigenvalue weighted by molar-refractivity contribution is 7.07. The molecule has 1 saturated heterocycles. The van der Waals surface area contributed by atoms with Crippen molar-refractivity contribution in [2.24, 2.45) is 0 Å². The number of anilines is 1. The molecule has 1 aromatic rings. The van der Waals surface area contributed by atoms with E-state index >= 15 is 0 Å². The Balaban J connectivity index is 2.28. The predicted octanol–water partition coefficient (Wildman–Crippen LogP) is 1.37. The van der Waals surface area contributed by atoms with Crippen LogP contribution in [0.2, 0.25) is 0 Å². The van der Waals surface area contributed by atoms with Crippen LogP contribution in [0.4, 0.5) is 5.69 Å².